The average Bonchev–Trinajstić information content (AvgIpc) is 2.72. The van der Waals surface area contributed by atoms with Gasteiger partial charge in [-0.05, 0) is 17.4 Å². The van der Waals surface area contributed by atoms with Gasteiger partial charge >= 0.3 is 0 Å². The zero-order chi connectivity index (χ0) is 12.1. The molecule has 3 nitrogen and oxygen atoms in total. The van der Waals surface area contributed by atoms with E-state index in [9.17, 15) is 0 Å². The molecule has 0 radical (unpaired) electrons. The monoisotopic (exact) mass is 227 g/mol. The first kappa shape index (κ1) is 10.5. The van der Waals surface area contributed by atoms with E-state index in [1.165, 1.54) is 0 Å². The fourth-order valence-corrected chi connectivity index (χ4v) is 2.56. The lowest BCUT2D eigenvalue weighted by molar-refractivity contribution is 0.511. The van der Waals surface area contributed by atoms with E-state index in [4.69, 9.17) is 5.73 Å². The van der Waals surface area contributed by atoms with Gasteiger partial charge in [0.1, 0.15) is 0 Å². The molecule has 1 fully saturated rings. The number of benzene rings is 1. The van der Waals surface area contributed by atoms with Crippen LogP contribution in [0, 0.1) is 5.41 Å². The van der Waals surface area contributed by atoms with E-state index in [0.29, 0.717) is 0 Å². The number of rotatable bonds is 2. The van der Waals surface area contributed by atoms with Crippen molar-refractivity contribution in [3.05, 3.63) is 42.1 Å². The van der Waals surface area contributed by atoms with Crippen molar-refractivity contribution < 1.29 is 0 Å². The number of nitrogens with zero attached hydrogens (tertiary/aromatic N) is 1. The highest BCUT2D eigenvalue weighted by Gasteiger charge is 2.60. The molecule has 0 amide bonds. The summed E-state index contributed by atoms with van der Waals surface area (Å²) < 4.78 is 0. The van der Waals surface area contributed by atoms with Gasteiger partial charge in [-0.25, -0.2) is 0 Å². The molecule has 1 aromatic carbocycles. The number of H-pyrrole nitrogens is 1. The van der Waals surface area contributed by atoms with Crippen LogP contribution in [0.1, 0.15) is 25.8 Å². The van der Waals surface area contributed by atoms with Gasteiger partial charge in [-0.15, -0.1) is 0 Å². The highest BCUT2D eigenvalue weighted by molar-refractivity contribution is 5.65. The van der Waals surface area contributed by atoms with Crippen LogP contribution in [-0.4, -0.2) is 10.2 Å². The maximum atomic E-state index is 6.47. The lowest BCUT2D eigenvalue weighted by Crippen LogP contribution is -2.25. The van der Waals surface area contributed by atoms with Crippen LogP contribution >= 0.6 is 0 Å². The fraction of sp³-hybridized carbons (Fsp3) is 0.357. The van der Waals surface area contributed by atoms with Crippen LogP contribution in [0.2, 0.25) is 0 Å². The molecule has 0 saturated heterocycles. The number of hydrogen-bond donors (Lipinski definition) is 2. The molecule has 0 spiro atoms. The molecule has 0 bridgehead atoms. The van der Waals surface area contributed by atoms with Crippen molar-refractivity contribution in [2.75, 3.05) is 0 Å². The van der Waals surface area contributed by atoms with Gasteiger partial charge in [0.05, 0.1) is 17.4 Å². The zero-order valence-electron chi connectivity index (χ0n) is 10.2. The Morgan fingerprint density at radius 1 is 1.24 bits per heavy atom. The molecule has 3 N–H and O–H groups in total. The molecule has 3 rings (SSSR count). The lowest BCUT2D eigenvalue weighted by Gasteiger charge is -2.15. The Balaban J connectivity index is 2.08. The molecule has 1 atom stereocenters. The van der Waals surface area contributed by atoms with Crippen molar-refractivity contribution in [2.24, 2.45) is 11.1 Å². The predicted octanol–water partition coefficient (Wildman–Crippen LogP) is 2.66. The second-order valence-corrected chi connectivity index (χ2v) is 5.56. The molecule has 0 aliphatic heterocycles. The van der Waals surface area contributed by atoms with Crippen LogP contribution < -0.4 is 5.73 Å². The largest absolute Gasteiger partial charge is 0.321 e. The highest BCUT2D eigenvalue weighted by atomic mass is 15.1. The number of nitrogens with two attached hydrogens (primary N) is 1. The number of aromatic nitrogens is 2. The van der Waals surface area contributed by atoms with Gasteiger partial charge in [-0.2, -0.15) is 5.10 Å². The van der Waals surface area contributed by atoms with E-state index in [0.717, 1.165) is 23.2 Å². The Labute approximate surface area is 101 Å². The fourth-order valence-electron chi connectivity index (χ4n) is 2.56. The third kappa shape index (κ3) is 1.42. The second-order valence-electron chi connectivity index (χ2n) is 5.56. The van der Waals surface area contributed by atoms with E-state index in [2.05, 4.69) is 36.2 Å². The molecule has 3 heteroatoms. The Hall–Kier alpha value is -1.61. The molecule has 1 aliphatic carbocycles. The zero-order valence-corrected chi connectivity index (χ0v) is 10.2. The highest BCUT2D eigenvalue weighted by Crippen LogP contribution is 2.61. The number of nitrogens with one attached hydrogen (secondary N) is 1. The first-order valence-corrected chi connectivity index (χ1v) is 5.93. The van der Waals surface area contributed by atoms with Crippen molar-refractivity contribution >= 4 is 0 Å². The third-order valence-electron chi connectivity index (χ3n) is 3.99. The van der Waals surface area contributed by atoms with E-state index in [-0.39, 0.29) is 11.0 Å². The van der Waals surface area contributed by atoms with Crippen LogP contribution in [0.5, 0.6) is 0 Å². The average molecular weight is 227 g/mol. The Bertz CT molecular complexity index is 542. The van der Waals surface area contributed by atoms with Gasteiger partial charge in [0.15, 0.2) is 0 Å². The molecule has 1 unspecified atom stereocenters. The molecule has 2 aromatic rings. The van der Waals surface area contributed by atoms with E-state index in [1.54, 1.807) is 0 Å². The summed E-state index contributed by atoms with van der Waals surface area (Å²) in [5.41, 5.74) is 9.74. The van der Waals surface area contributed by atoms with Crippen LogP contribution in [0.4, 0.5) is 0 Å². The molecule has 1 heterocycles. The maximum absolute atomic E-state index is 6.47. The number of aromatic amines is 1. The van der Waals surface area contributed by atoms with Crippen molar-refractivity contribution in [3.8, 4) is 11.3 Å². The third-order valence-corrected chi connectivity index (χ3v) is 3.99. The van der Waals surface area contributed by atoms with Crippen molar-refractivity contribution in [1.29, 1.82) is 0 Å². The van der Waals surface area contributed by atoms with Crippen LogP contribution in [0.3, 0.4) is 0 Å². The second kappa shape index (κ2) is 3.20. The van der Waals surface area contributed by atoms with Gasteiger partial charge in [0.25, 0.3) is 0 Å². The first-order valence-electron chi connectivity index (χ1n) is 5.93. The SMILES string of the molecule is CC1(C)CC1(N)c1cn[nH]c1-c1ccccc1. The molecular weight excluding hydrogens is 210 g/mol. The normalized spacial score (nSPS) is 25.8. The standard InChI is InChI=1S/C14H17N3/c1-13(2)9-14(13,15)11-8-16-17-12(11)10-6-4-3-5-7-10/h3-8H,9,15H2,1-2H3,(H,16,17). The maximum Gasteiger partial charge on any atom is 0.0701 e. The quantitative estimate of drug-likeness (QED) is 0.828. The summed E-state index contributed by atoms with van der Waals surface area (Å²) in [4.78, 5) is 0. The van der Waals surface area contributed by atoms with Crippen molar-refractivity contribution in [3.63, 3.8) is 0 Å². The van der Waals surface area contributed by atoms with E-state index >= 15 is 0 Å². The van der Waals surface area contributed by atoms with Gasteiger partial charge in [-0.3, -0.25) is 5.10 Å². The van der Waals surface area contributed by atoms with Crippen LogP contribution in [0.25, 0.3) is 11.3 Å². The summed E-state index contributed by atoms with van der Waals surface area (Å²) in [5, 5.41) is 7.24. The minimum atomic E-state index is -0.231. The molecule has 17 heavy (non-hydrogen) atoms. The Kier molecular flexibility index (Phi) is 1.98. The van der Waals surface area contributed by atoms with E-state index in [1.807, 2.05) is 24.4 Å². The summed E-state index contributed by atoms with van der Waals surface area (Å²) in [6.45, 7) is 4.41. The summed E-state index contributed by atoms with van der Waals surface area (Å²) in [7, 11) is 0. The molecule has 1 aliphatic rings. The predicted molar refractivity (Wildman–Crippen MR) is 68.3 cm³/mol. The molecule has 1 aromatic heterocycles. The van der Waals surface area contributed by atoms with Crippen molar-refractivity contribution in [2.45, 2.75) is 25.8 Å². The molecule has 1 saturated carbocycles. The van der Waals surface area contributed by atoms with Gasteiger partial charge in [0.2, 0.25) is 0 Å². The minimum absolute atomic E-state index is 0.167. The van der Waals surface area contributed by atoms with Gasteiger partial charge in [-0.1, -0.05) is 44.2 Å². The lowest BCUT2D eigenvalue weighted by atomic mass is 9.95. The Morgan fingerprint density at radius 2 is 1.88 bits per heavy atom. The van der Waals surface area contributed by atoms with Crippen LogP contribution in [0.15, 0.2) is 36.5 Å². The first-order chi connectivity index (χ1) is 8.05. The van der Waals surface area contributed by atoms with Gasteiger partial charge < -0.3 is 5.73 Å². The molecule has 88 valence electrons. The van der Waals surface area contributed by atoms with Gasteiger partial charge in [0, 0.05) is 5.56 Å². The summed E-state index contributed by atoms with van der Waals surface area (Å²) in [6.07, 6.45) is 2.89. The minimum Gasteiger partial charge on any atom is -0.321 e. The topological polar surface area (TPSA) is 54.7 Å². The number of hydrogen-bond acceptors (Lipinski definition) is 2. The van der Waals surface area contributed by atoms with E-state index < -0.39 is 0 Å². The summed E-state index contributed by atoms with van der Waals surface area (Å²) in [5.74, 6) is 0. The molecular formula is C14H17N3. The smallest absolute Gasteiger partial charge is 0.0701 e. The Morgan fingerprint density at radius 3 is 2.47 bits per heavy atom. The van der Waals surface area contributed by atoms with Crippen LogP contribution in [-0.2, 0) is 5.54 Å². The van der Waals surface area contributed by atoms with Crippen molar-refractivity contribution in [1.82, 2.24) is 10.2 Å². The summed E-state index contributed by atoms with van der Waals surface area (Å²) in [6, 6.07) is 10.2. The summed E-state index contributed by atoms with van der Waals surface area (Å²) >= 11 is 0.